The number of rotatable bonds is 9. The Morgan fingerprint density at radius 3 is 2.67 bits per heavy atom. The van der Waals surface area contributed by atoms with Crippen molar-refractivity contribution in [2.75, 3.05) is 33.4 Å². The average Bonchev–Trinajstić information content (AvgIpc) is 2.34. The lowest BCUT2D eigenvalue weighted by atomic mass is 10.2. The second kappa shape index (κ2) is 9.61. The SMILES string of the molecule is C=CCC(N)C(=O)N(CCOC)CC(=O)OCC. The summed E-state index contributed by atoms with van der Waals surface area (Å²) in [5.41, 5.74) is 5.69. The number of hydrogen-bond donors (Lipinski definition) is 1. The van der Waals surface area contributed by atoms with E-state index < -0.39 is 12.0 Å². The number of ether oxygens (including phenoxy) is 2. The Morgan fingerprint density at radius 1 is 1.50 bits per heavy atom. The molecule has 6 nitrogen and oxygen atoms in total. The zero-order chi connectivity index (χ0) is 14.0. The minimum atomic E-state index is -0.686. The van der Waals surface area contributed by atoms with Crippen molar-refractivity contribution in [3.63, 3.8) is 0 Å². The normalized spacial score (nSPS) is 11.7. The van der Waals surface area contributed by atoms with Gasteiger partial charge in [0, 0.05) is 13.7 Å². The van der Waals surface area contributed by atoms with E-state index in [4.69, 9.17) is 15.2 Å². The third-order valence-electron chi connectivity index (χ3n) is 2.24. The molecule has 0 spiro atoms. The van der Waals surface area contributed by atoms with Crippen LogP contribution in [-0.4, -0.2) is 56.2 Å². The molecule has 0 rings (SSSR count). The molecule has 0 aliphatic carbocycles. The van der Waals surface area contributed by atoms with Gasteiger partial charge in [0.05, 0.1) is 19.3 Å². The molecule has 1 atom stereocenters. The molecular weight excluding hydrogens is 236 g/mol. The van der Waals surface area contributed by atoms with Gasteiger partial charge in [0.25, 0.3) is 0 Å². The van der Waals surface area contributed by atoms with E-state index in [-0.39, 0.29) is 19.1 Å². The molecule has 6 heteroatoms. The molecule has 0 aromatic rings. The molecular formula is C12H22N2O4. The Hall–Kier alpha value is -1.40. The van der Waals surface area contributed by atoms with Crippen molar-refractivity contribution in [3.05, 3.63) is 12.7 Å². The van der Waals surface area contributed by atoms with Crippen molar-refractivity contribution >= 4 is 11.9 Å². The molecule has 0 aromatic heterocycles. The standard InChI is InChI=1S/C12H22N2O4/c1-4-6-10(13)12(16)14(7-8-17-3)9-11(15)18-5-2/h4,10H,1,5-9,13H2,2-3H3. The summed E-state index contributed by atoms with van der Waals surface area (Å²) in [6, 6.07) is -0.686. The maximum atomic E-state index is 12.0. The Morgan fingerprint density at radius 2 is 2.17 bits per heavy atom. The van der Waals surface area contributed by atoms with Crippen molar-refractivity contribution in [1.82, 2.24) is 4.90 Å². The third kappa shape index (κ3) is 6.36. The number of carbonyl (C=O) groups is 2. The first-order chi connectivity index (χ1) is 8.56. The number of nitrogens with zero attached hydrogens (tertiary/aromatic N) is 1. The third-order valence-corrected chi connectivity index (χ3v) is 2.24. The van der Waals surface area contributed by atoms with Crippen LogP contribution in [0.25, 0.3) is 0 Å². The van der Waals surface area contributed by atoms with Crippen molar-refractivity contribution in [2.24, 2.45) is 5.73 Å². The van der Waals surface area contributed by atoms with Crippen molar-refractivity contribution in [2.45, 2.75) is 19.4 Å². The van der Waals surface area contributed by atoms with Crippen LogP contribution in [0.15, 0.2) is 12.7 Å². The van der Waals surface area contributed by atoms with Gasteiger partial charge < -0.3 is 20.1 Å². The number of esters is 1. The molecule has 18 heavy (non-hydrogen) atoms. The van der Waals surface area contributed by atoms with Crippen LogP contribution in [0.5, 0.6) is 0 Å². The molecule has 0 aliphatic rings. The van der Waals surface area contributed by atoms with Gasteiger partial charge in [-0.1, -0.05) is 6.08 Å². The highest BCUT2D eigenvalue weighted by molar-refractivity contribution is 5.85. The molecule has 1 unspecified atom stereocenters. The Bertz CT molecular complexity index is 281. The van der Waals surface area contributed by atoms with Crippen molar-refractivity contribution in [3.8, 4) is 0 Å². The van der Waals surface area contributed by atoms with Crippen molar-refractivity contribution in [1.29, 1.82) is 0 Å². The average molecular weight is 258 g/mol. The topological polar surface area (TPSA) is 81.9 Å². The number of hydrogen-bond acceptors (Lipinski definition) is 5. The fourth-order valence-corrected chi connectivity index (χ4v) is 1.35. The highest BCUT2D eigenvalue weighted by Crippen LogP contribution is 1.99. The lowest BCUT2D eigenvalue weighted by Gasteiger charge is -2.24. The first-order valence-electron chi connectivity index (χ1n) is 5.86. The van der Waals surface area contributed by atoms with Crippen LogP contribution in [0.3, 0.4) is 0 Å². The van der Waals surface area contributed by atoms with Crippen LogP contribution in [0, 0.1) is 0 Å². The zero-order valence-electron chi connectivity index (χ0n) is 11.1. The zero-order valence-corrected chi connectivity index (χ0v) is 11.1. The molecule has 0 radical (unpaired) electrons. The van der Waals surface area contributed by atoms with Gasteiger partial charge in [-0.15, -0.1) is 6.58 Å². The number of carbonyl (C=O) groups excluding carboxylic acids is 2. The van der Waals surface area contributed by atoms with Gasteiger partial charge in [0.1, 0.15) is 6.54 Å². The number of nitrogens with two attached hydrogens (primary N) is 1. The van der Waals surface area contributed by atoms with E-state index in [0.29, 0.717) is 19.6 Å². The van der Waals surface area contributed by atoms with E-state index in [9.17, 15) is 9.59 Å². The van der Waals surface area contributed by atoms with E-state index in [2.05, 4.69) is 6.58 Å². The smallest absolute Gasteiger partial charge is 0.325 e. The highest BCUT2D eigenvalue weighted by Gasteiger charge is 2.22. The molecule has 1 amide bonds. The molecule has 104 valence electrons. The van der Waals surface area contributed by atoms with E-state index in [1.807, 2.05) is 0 Å². The lowest BCUT2D eigenvalue weighted by Crippen LogP contribution is -2.47. The maximum Gasteiger partial charge on any atom is 0.325 e. The Labute approximate surface area is 108 Å². The van der Waals surface area contributed by atoms with E-state index in [1.54, 1.807) is 13.0 Å². The fourth-order valence-electron chi connectivity index (χ4n) is 1.35. The van der Waals surface area contributed by atoms with Gasteiger partial charge in [-0.3, -0.25) is 9.59 Å². The van der Waals surface area contributed by atoms with E-state index >= 15 is 0 Å². The summed E-state index contributed by atoms with van der Waals surface area (Å²) >= 11 is 0. The van der Waals surface area contributed by atoms with Crippen LogP contribution in [-0.2, 0) is 19.1 Å². The Kier molecular flexibility index (Phi) is 8.86. The molecule has 0 saturated heterocycles. The van der Waals surface area contributed by atoms with Gasteiger partial charge in [-0.25, -0.2) is 0 Å². The van der Waals surface area contributed by atoms with Gasteiger partial charge >= 0.3 is 5.97 Å². The van der Waals surface area contributed by atoms with Crippen LogP contribution in [0.1, 0.15) is 13.3 Å². The number of amides is 1. The van der Waals surface area contributed by atoms with Crippen molar-refractivity contribution < 1.29 is 19.1 Å². The summed E-state index contributed by atoms with van der Waals surface area (Å²) in [6.45, 7) is 6.05. The summed E-state index contributed by atoms with van der Waals surface area (Å²) in [5.74, 6) is -0.757. The molecule has 2 N–H and O–H groups in total. The van der Waals surface area contributed by atoms with Gasteiger partial charge in [0.2, 0.25) is 5.91 Å². The van der Waals surface area contributed by atoms with Crippen LogP contribution >= 0.6 is 0 Å². The first kappa shape index (κ1) is 16.6. The summed E-state index contributed by atoms with van der Waals surface area (Å²) in [7, 11) is 1.52. The fraction of sp³-hybridized carbons (Fsp3) is 0.667. The predicted molar refractivity (Wildman–Crippen MR) is 67.9 cm³/mol. The monoisotopic (exact) mass is 258 g/mol. The summed E-state index contributed by atoms with van der Waals surface area (Å²) < 4.78 is 9.70. The minimum absolute atomic E-state index is 0.110. The van der Waals surface area contributed by atoms with Crippen LogP contribution in [0.4, 0.5) is 0 Å². The Balaban J connectivity index is 4.49. The molecule has 0 bridgehead atoms. The molecule has 0 saturated carbocycles. The van der Waals surface area contributed by atoms with E-state index in [1.165, 1.54) is 12.0 Å². The van der Waals surface area contributed by atoms with Gasteiger partial charge in [0.15, 0.2) is 0 Å². The molecule has 0 fully saturated rings. The van der Waals surface area contributed by atoms with E-state index in [0.717, 1.165) is 0 Å². The quantitative estimate of drug-likeness (QED) is 0.462. The van der Waals surface area contributed by atoms with Gasteiger partial charge in [-0.05, 0) is 13.3 Å². The summed E-state index contributed by atoms with van der Waals surface area (Å²) in [5, 5.41) is 0. The van der Waals surface area contributed by atoms with Crippen LogP contribution < -0.4 is 5.73 Å². The molecule has 0 aromatic carbocycles. The summed E-state index contributed by atoms with van der Waals surface area (Å²) in [4.78, 5) is 24.7. The minimum Gasteiger partial charge on any atom is -0.465 e. The maximum absolute atomic E-state index is 12.0. The second-order valence-electron chi connectivity index (χ2n) is 3.69. The predicted octanol–water partition coefficient (Wildman–Crippen LogP) is -0.0721. The lowest BCUT2D eigenvalue weighted by molar-refractivity contribution is -0.149. The second-order valence-corrected chi connectivity index (χ2v) is 3.69. The highest BCUT2D eigenvalue weighted by atomic mass is 16.5. The molecule has 0 heterocycles. The van der Waals surface area contributed by atoms with Crippen LogP contribution in [0.2, 0.25) is 0 Å². The summed E-state index contributed by atoms with van der Waals surface area (Å²) in [6.07, 6.45) is 1.94. The van der Waals surface area contributed by atoms with Gasteiger partial charge in [-0.2, -0.15) is 0 Å². The largest absolute Gasteiger partial charge is 0.465 e. The first-order valence-corrected chi connectivity index (χ1v) is 5.86. The number of methoxy groups -OCH3 is 1. The molecule has 0 aliphatic heterocycles.